The number of anilines is 2. The highest BCUT2D eigenvalue weighted by molar-refractivity contribution is 7.99. The average Bonchev–Trinajstić information content (AvgIpc) is 3.23. The van der Waals surface area contributed by atoms with Crippen LogP contribution < -0.4 is 4.90 Å². The molecule has 25 heavy (non-hydrogen) atoms. The molecule has 0 fully saturated rings. The monoisotopic (exact) mass is 370 g/mol. The van der Waals surface area contributed by atoms with Crippen molar-refractivity contribution in [3.05, 3.63) is 65.2 Å². The third-order valence-corrected chi connectivity index (χ3v) is 5.27. The van der Waals surface area contributed by atoms with Crippen LogP contribution in [0.25, 0.3) is 0 Å². The van der Waals surface area contributed by atoms with Gasteiger partial charge in [0.05, 0.1) is 5.75 Å². The van der Waals surface area contributed by atoms with Crippen molar-refractivity contribution in [2.75, 3.05) is 17.2 Å². The van der Waals surface area contributed by atoms with Gasteiger partial charge in [-0.25, -0.2) is 0 Å². The van der Waals surface area contributed by atoms with Crippen LogP contribution in [-0.2, 0) is 6.54 Å². The molecule has 3 aromatic rings. The summed E-state index contributed by atoms with van der Waals surface area (Å²) < 4.78 is 2.06. The number of hydrogen-bond acceptors (Lipinski definition) is 5. The molecule has 1 aliphatic rings. The van der Waals surface area contributed by atoms with Gasteiger partial charge in [-0.2, -0.15) is 0 Å². The first-order valence-corrected chi connectivity index (χ1v) is 9.26. The van der Waals surface area contributed by atoms with Crippen LogP contribution in [0.1, 0.15) is 10.4 Å². The topological polar surface area (TPSA) is 51.0 Å². The molecular formula is C18H15ClN4OS. The van der Waals surface area contributed by atoms with Crippen molar-refractivity contribution in [1.82, 2.24) is 14.8 Å². The third-order valence-electron chi connectivity index (χ3n) is 4.05. The Kier molecular flexibility index (Phi) is 4.46. The first kappa shape index (κ1) is 16.2. The van der Waals surface area contributed by atoms with E-state index in [9.17, 15) is 4.79 Å². The summed E-state index contributed by atoms with van der Waals surface area (Å²) in [4.78, 5) is 14.4. The van der Waals surface area contributed by atoms with Gasteiger partial charge < -0.3 is 4.90 Å². The number of Topliss-reactive ketones (excluding diaryl/α,β-unsaturated/α-hetero) is 1. The maximum absolute atomic E-state index is 12.3. The van der Waals surface area contributed by atoms with E-state index < -0.39 is 0 Å². The van der Waals surface area contributed by atoms with Gasteiger partial charge in [-0.1, -0.05) is 41.6 Å². The fourth-order valence-corrected chi connectivity index (χ4v) is 3.77. The van der Waals surface area contributed by atoms with Gasteiger partial charge in [0.2, 0.25) is 5.95 Å². The molecule has 4 rings (SSSR count). The summed E-state index contributed by atoms with van der Waals surface area (Å²) in [5.41, 5.74) is 1.76. The average molecular weight is 371 g/mol. The number of nitrogens with zero attached hydrogens (tertiary/aromatic N) is 4. The van der Waals surface area contributed by atoms with Crippen molar-refractivity contribution >= 4 is 40.8 Å². The van der Waals surface area contributed by atoms with Gasteiger partial charge in [0, 0.05) is 29.4 Å². The number of fused-ring (bicyclic) bond motifs is 1. The van der Waals surface area contributed by atoms with Crippen LogP contribution in [-0.4, -0.2) is 32.8 Å². The Morgan fingerprint density at radius 1 is 1.04 bits per heavy atom. The molecule has 0 atom stereocenters. The summed E-state index contributed by atoms with van der Waals surface area (Å²) in [5.74, 6) is 1.20. The van der Waals surface area contributed by atoms with Gasteiger partial charge in [-0.15, -0.1) is 10.2 Å². The molecule has 0 unspecified atom stereocenters. The summed E-state index contributed by atoms with van der Waals surface area (Å²) in [6.07, 6.45) is 0. The highest BCUT2D eigenvalue weighted by Gasteiger charge is 2.26. The molecular weight excluding hydrogens is 356 g/mol. The molecule has 0 saturated heterocycles. The number of ketones is 1. The van der Waals surface area contributed by atoms with Crippen molar-refractivity contribution in [2.45, 2.75) is 11.7 Å². The molecule has 0 aliphatic carbocycles. The lowest BCUT2D eigenvalue weighted by molar-refractivity contribution is 0.102. The zero-order valence-electron chi connectivity index (χ0n) is 13.3. The molecule has 1 aliphatic heterocycles. The van der Waals surface area contributed by atoms with Crippen LogP contribution in [0.3, 0.4) is 0 Å². The van der Waals surface area contributed by atoms with Crippen LogP contribution >= 0.6 is 23.4 Å². The van der Waals surface area contributed by atoms with E-state index in [1.165, 1.54) is 11.8 Å². The Morgan fingerprint density at radius 2 is 1.80 bits per heavy atom. The minimum Gasteiger partial charge on any atom is -0.309 e. The van der Waals surface area contributed by atoms with Crippen molar-refractivity contribution in [1.29, 1.82) is 0 Å². The molecule has 0 spiro atoms. The molecule has 0 N–H and O–H groups in total. The van der Waals surface area contributed by atoms with Gasteiger partial charge in [-0.3, -0.25) is 9.36 Å². The Labute approximate surface area is 154 Å². The van der Waals surface area contributed by atoms with E-state index in [0.29, 0.717) is 16.3 Å². The summed E-state index contributed by atoms with van der Waals surface area (Å²) in [7, 11) is 0. The second-order valence-corrected chi connectivity index (χ2v) is 7.02. The number of halogens is 1. The maximum Gasteiger partial charge on any atom is 0.232 e. The van der Waals surface area contributed by atoms with Gasteiger partial charge in [0.25, 0.3) is 0 Å². The predicted octanol–water partition coefficient (Wildman–Crippen LogP) is 4.06. The zero-order chi connectivity index (χ0) is 17.2. The van der Waals surface area contributed by atoms with E-state index in [-0.39, 0.29) is 5.78 Å². The summed E-state index contributed by atoms with van der Waals surface area (Å²) in [5, 5.41) is 9.96. The number of aromatic nitrogens is 3. The Bertz CT molecular complexity index is 895. The SMILES string of the molecule is O=C(CSc1nnc2n1CCN2c1ccccc1)c1ccc(Cl)cc1. The van der Waals surface area contributed by atoms with Crippen LogP contribution in [0.2, 0.25) is 5.02 Å². The van der Waals surface area contributed by atoms with Gasteiger partial charge in [-0.05, 0) is 36.4 Å². The third kappa shape index (κ3) is 3.27. The van der Waals surface area contributed by atoms with Crippen LogP contribution in [0, 0.1) is 0 Å². The Morgan fingerprint density at radius 3 is 2.56 bits per heavy atom. The number of rotatable bonds is 5. The minimum atomic E-state index is 0.0527. The number of thioether (sulfide) groups is 1. The van der Waals surface area contributed by atoms with E-state index in [1.807, 2.05) is 18.2 Å². The number of para-hydroxylation sites is 1. The summed E-state index contributed by atoms with van der Waals surface area (Å²) in [6.45, 7) is 1.67. The van der Waals surface area contributed by atoms with Gasteiger partial charge in [0.1, 0.15) is 0 Å². The van der Waals surface area contributed by atoms with Crippen LogP contribution in [0.15, 0.2) is 59.8 Å². The van der Waals surface area contributed by atoms with E-state index in [1.54, 1.807) is 24.3 Å². The summed E-state index contributed by atoms with van der Waals surface area (Å²) >= 11 is 7.28. The Hall–Kier alpha value is -2.31. The van der Waals surface area contributed by atoms with Crippen molar-refractivity contribution in [3.63, 3.8) is 0 Å². The first-order chi connectivity index (χ1) is 12.2. The highest BCUT2D eigenvalue weighted by Crippen LogP contribution is 2.32. The van der Waals surface area contributed by atoms with Crippen molar-refractivity contribution in [3.8, 4) is 0 Å². The van der Waals surface area contributed by atoms with Crippen molar-refractivity contribution in [2.24, 2.45) is 0 Å². The number of benzene rings is 2. The highest BCUT2D eigenvalue weighted by atomic mass is 35.5. The molecule has 7 heteroatoms. The molecule has 0 amide bonds. The molecule has 0 radical (unpaired) electrons. The van der Waals surface area contributed by atoms with Gasteiger partial charge >= 0.3 is 0 Å². The minimum absolute atomic E-state index is 0.0527. The number of carbonyl (C=O) groups excluding carboxylic acids is 1. The fraction of sp³-hybridized carbons (Fsp3) is 0.167. The lowest BCUT2D eigenvalue weighted by Gasteiger charge is -2.14. The van der Waals surface area contributed by atoms with Gasteiger partial charge in [0.15, 0.2) is 10.9 Å². The molecule has 0 bridgehead atoms. The van der Waals surface area contributed by atoms with E-state index >= 15 is 0 Å². The lowest BCUT2D eigenvalue weighted by Crippen LogP contribution is -2.14. The Balaban J connectivity index is 1.47. The van der Waals surface area contributed by atoms with Crippen LogP contribution in [0.4, 0.5) is 11.6 Å². The number of carbonyl (C=O) groups is 1. The molecule has 2 aromatic carbocycles. The molecule has 5 nitrogen and oxygen atoms in total. The standard InChI is InChI=1S/C18H15ClN4OS/c19-14-8-6-13(7-9-14)16(24)12-25-18-21-20-17-22(10-11-23(17)18)15-4-2-1-3-5-15/h1-9H,10-12H2. The van der Waals surface area contributed by atoms with Crippen molar-refractivity contribution < 1.29 is 4.79 Å². The lowest BCUT2D eigenvalue weighted by atomic mass is 10.1. The smallest absolute Gasteiger partial charge is 0.232 e. The second-order valence-electron chi connectivity index (χ2n) is 5.64. The second kappa shape index (κ2) is 6.90. The van der Waals surface area contributed by atoms with Crippen LogP contribution in [0.5, 0.6) is 0 Å². The predicted molar refractivity (Wildman–Crippen MR) is 100.0 cm³/mol. The summed E-state index contributed by atoms with van der Waals surface area (Å²) in [6, 6.07) is 17.1. The quantitative estimate of drug-likeness (QED) is 0.500. The fourth-order valence-electron chi connectivity index (χ4n) is 2.78. The number of hydrogen-bond donors (Lipinski definition) is 0. The molecule has 2 heterocycles. The zero-order valence-corrected chi connectivity index (χ0v) is 14.9. The largest absolute Gasteiger partial charge is 0.309 e. The normalized spacial score (nSPS) is 13.1. The maximum atomic E-state index is 12.3. The molecule has 126 valence electrons. The van der Waals surface area contributed by atoms with E-state index in [0.717, 1.165) is 29.9 Å². The first-order valence-electron chi connectivity index (χ1n) is 7.90. The van der Waals surface area contributed by atoms with E-state index in [2.05, 4.69) is 31.8 Å². The van der Waals surface area contributed by atoms with E-state index in [4.69, 9.17) is 11.6 Å². The molecule has 1 aromatic heterocycles. The molecule has 0 saturated carbocycles.